The number of nitrogens with zero attached hydrogens (tertiary/aromatic N) is 1. The van der Waals surface area contributed by atoms with Gasteiger partial charge in [0.1, 0.15) is 0 Å². The van der Waals surface area contributed by atoms with Crippen molar-refractivity contribution in [3.8, 4) is 0 Å². The first-order chi connectivity index (χ1) is 9.45. The molecule has 2 rings (SSSR count). The van der Waals surface area contributed by atoms with Gasteiger partial charge < -0.3 is 5.32 Å². The quantitative estimate of drug-likeness (QED) is 0.897. The Labute approximate surface area is 129 Å². The van der Waals surface area contributed by atoms with E-state index in [4.69, 9.17) is 0 Å². The monoisotopic (exact) mass is 360 g/mol. The third-order valence-corrected chi connectivity index (χ3v) is 6.49. The van der Waals surface area contributed by atoms with E-state index in [1.165, 1.54) is 0 Å². The molecule has 1 aromatic rings. The van der Waals surface area contributed by atoms with E-state index in [1.54, 1.807) is 29.6 Å². The normalized spacial score (nSPS) is 24.0. The molecule has 1 aliphatic rings. The van der Waals surface area contributed by atoms with Gasteiger partial charge in [-0.3, -0.25) is 0 Å². The highest BCUT2D eigenvalue weighted by Crippen LogP contribution is 2.27. The number of rotatable bonds is 4. The van der Waals surface area contributed by atoms with Crippen LogP contribution >= 0.6 is 15.9 Å². The van der Waals surface area contributed by atoms with Crippen LogP contribution in [0, 0.1) is 0 Å². The molecule has 0 radical (unpaired) electrons. The minimum atomic E-state index is -3.40. The van der Waals surface area contributed by atoms with E-state index in [-0.39, 0.29) is 6.04 Å². The van der Waals surface area contributed by atoms with E-state index >= 15 is 0 Å². The Balaban J connectivity index is 2.14. The molecule has 4 nitrogen and oxygen atoms in total. The zero-order valence-electron chi connectivity index (χ0n) is 11.8. The fraction of sp³-hybridized carbons (Fsp3) is 0.571. The standard InChI is InChI=1S/C14H21BrN2O2S/c1-16-12-6-8-13(9-7-12)17(2)20(18,19)14-5-3-4-11(15)10-14/h3-5,10,12-13,16H,6-9H2,1-2H3. The van der Waals surface area contributed by atoms with Crippen molar-refractivity contribution in [3.63, 3.8) is 0 Å². The summed E-state index contributed by atoms with van der Waals surface area (Å²) in [6.07, 6.45) is 3.88. The van der Waals surface area contributed by atoms with Gasteiger partial charge in [-0.15, -0.1) is 0 Å². The molecular formula is C14H21BrN2O2S. The highest BCUT2D eigenvalue weighted by molar-refractivity contribution is 9.10. The zero-order chi connectivity index (χ0) is 14.8. The molecule has 20 heavy (non-hydrogen) atoms. The summed E-state index contributed by atoms with van der Waals surface area (Å²) < 4.78 is 27.6. The third kappa shape index (κ3) is 3.42. The summed E-state index contributed by atoms with van der Waals surface area (Å²) in [5, 5.41) is 3.27. The second-order valence-corrected chi connectivity index (χ2v) is 8.19. The summed E-state index contributed by atoms with van der Waals surface area (Å²) in [7, 11) is 0.258. The largest absolute Gasteiger partial charge is 0.317 e. The molecular weight excluding hydrogens is 340 g/mol. The second-order valence-electron chi connectivity index (χ2n) is 5.27. The molecule has 0 aromatic heterocycles. The predicted molar refractivity (Wildman–Crippen MR) is 84.2 cm³/mol. The summed E-state index contributed by atoms with van der Waals surface area (Å²) in [5.74, 6) is 0. The first-order valence-corrected chi connectivity index (χ1v) is 9.09. The summed E-state index contributed by atoms with van der Waals surface area (Å²) in [5.41, 5.74) is 0. The predicted octanol–water partition coefficient (Wildman–Crippen LogP) is 2.60. The van der Waals surface area contributed by atoms with Crippen molar-refractivity contribution >= 4 is 26.0 Å². The number of halogens is 1. The Morgan fingerprint density at radius 1 is 1.25 bits per heavy atom. The minimum Gasteiger partial charge on any atom is -0.317 e. The number of sulfonamides is 1. The molecule has 0 atom stereocenters. The van der Waals surface area contributed by atoms with Crippen LogP contribution in [-0.2, 0) is 10.0 Å². The molecule has 0 bridgehead atoms. The number of hydrogen-bond donors (Lipinski definition) is 1. The molecule has 0 saturated heterocycles. The van der Waals surface area contributed by atoms with Crippen LogP contribution in [-0.4, -0.2) is 38.9 Å². The van der Waals surface area contributed by atoms with Crippen LogP contribution < -0.4 is 5.32 Å². The van der Waals surface area contributed by atoms with Crippen molar-refractivity contribution in [3.05, 3.63) is 28.7 Å². The van der Waals surface area contributed by atoms with Gasteiger partial charge in [0.05, 0.1) is 4.90 Å². The Morgan fingerprint density at radius 2 is 1.90 bits per heavy atom. The average Bonchev–Trinajstić information content (AvgIpc) is 2.46. The van der Waals surface area contributed by atoms with Gasteiger partial charge >= 0.3 is 0 Å². The maximum Gasteiger partial charge on any atom is 0.243 e. The molecule has 1 aromatic carbocycles. The molecule has 0 amide bonds. The van der Waals surface area contributed by atoms with Crippen LogP contribution in [0.15, 0.2) is 33.6 Å². The lowest BCUT2D eigenvalue weighted by molar-refractivity contribution is 0.255. The molecule has 0 heterocycles. The average molecular weight is 361 g/mol. The minimum absolute atomic E-state index is 0.101. The van der Waals surface area contributed by atoms with Crippen LogP contribution in [0.5, 0.6) is 0 Å². The van der Waals surface area contributed by atoms with E-state index in [0.29, 0.717) is 10.9 Å². The molecule has 0 spiro atoms. The summed E-state index contributed by atoms with van der Waals surface area (Å²) in [4.78, 5) is 0.352. The molecule has 1 aliphatic carbocycles. The van der Waals surface area contributed by atoms with Crippen LogP contribution in [0.2, 0.25) is 0 Å². The first-order valence-electron chi connectivity index (χ1n) is 6.86. The fourth-order valence-electron chi connectivity index (χ4n) is 2.72. The summed E-state index contributed by atoms with van der Waals surface area (Å²) >= 11 is 3.33. The van der Waals surface area contributed by atoms with Crippen molar-refractivity contribution in [1.29, 1.82) is 0 Å². The van der Waals surface area contributed by atoms with Crippen LogP contribution in [0.4, 0.5) is 0 Å². The van der Waals surface area contributed by atoms with Crippen molar-refractivity contribution in [2.75, 3.05) is 14.1 Å². The zero-order valence-corrected chi connectivity index (χ0v) is 14.2. The summed E-state index contributed by atoms with van der Waals surface area (Å²) in [6, 6.07) is 7.51. The maximum absolute atomic E-state index is 12.6. The van der Waals surface area contributed by atoms with Gasteiger partial charge in [0.25, 0.3) is 0 Å². The number of hydrogen-bond acceptors (Lipinski definition) is 3. The first kappa shape index (κ1) is 15.9. The highest BCUT2D eigenvalue weighted by atomic mass is 79.9. The van der Waals surface area contributed by atoms with Gasteiger partial charge in [-0.1, -0.05) is 22.0 Å². The van der Waals surface area contributed by atoms with Crippen LogP contribution in [0.25, 0.3) is 0 Å². The Kier molecular flexibility index (Phi) is 5.23. The second kappa shape index (κ2) is 6.56. The van der Waals surface area contributed by atoms with Crippen LogP contribution in [0.3, 0.4) is 0 Å². The molecule has 1 fully saturated rings. The molecule has 0 unspecified atom stereocenters. The van der Waals surface area contributed by atoms with Gasteiger partial charge in [-0.25, -0.2) is 8.42 Å². The van der Waals surface area contributed by atoms with Crippen LogP contribution in [0.1, 0.15) is 25.7 Å². The lowest BCUT2D eigenvalue weighted by atomic mass is 9.91. The molecule has 1 saturated carbocycles. The number of nitrogens with one attached hydrogen (secondary N) is 1. The molecule has 1 N–H and O–H groups in total. The van der Waals surface area contributed by atoms with Crippen molar-refractivity contribution in [2.45, 2.75) is 42.7 Å². The van der Waals surface area contributed by atoms with Gasteiger partial charge in [0.2, 0.25) is 10.0 Å². The van der Waals surface area contributed by atoms with Crippen molar-refractivity contribution < 1.29 is 8.42 Å². The van der Waals surface area contributed by atoms with E-state index < -0.39 is 10.0 Å². The summed E-state index contributed by atoms with van der Waals surface area (Å²) in [6.45, 7) is 0. The van der Waals surface area contributed by atoms with Gasteiger partial charge in [0, 0.05) is 23.6 Å². The van der Waals surface area contributed by atoms with E-state index in [9.17, 15) is 8.42 Å². The lowest BCUT2D eigenvalue weighted by Crippen LogP contribution is -2.42. The van der Waals surface area contributed by atoms with Crippen molar-refractivity contribution in [1.82, 2.24) is 9.62 Å². The third-order valence-electron chi connectivity index (χ3n) is 4.09. The molecule has 6 heteroatoms. The number of benzene rings is 1. The topological polar surface area (TPSA) is 49.4 Å². The van der Waals surface area contributed by atoms with Gasteiger partial charge in [0.15, 0.2) is 0 Å². The van der Waals surface area contributed by atoms with Crippen molar-refractivity contribution in [2.24, 2.45) is 0 Å². The van der Waals surface area contributed by atoms with E-state index in [1.807, 2.05) is 13.1 Å². The highest BCUT2D eigenvalue weighted by Gasteiger charge is 2.31. The maximum atomic E-state index is 12.6. The molecule has 112 valence electrons. The smallest absolute Gasteiger partial charge is 0.243 e. The van der Waals surface area contributed by atoms with E-state index in [0.717, 1.165) is 30.2 Å². The SMILES string of the molecule is CNC1CCC(N(C)S(=O)(=O)c2cccc(Br)c2)CC1. The Bertz CT molecular complexity index is 554. The lowest BCUT2D eigenvalue weighted by Gasteiger charge is -2.33. The molecule has 0 aliphatic heterocycles. The Hall–Kier alpha value is -0.430. The fourth-order valence-corrected chi connectivity index (χ4v) is 4.73. The van der Waals surface area contributed by atoms with E-state index in [2.05, 4.69) is 21.2 Å². The Morgan fingerprint density at radius 3 is 2.45 bits per heavy atom. The van der Waals surface area contributed by atoms with Gasteiger partial charge in [-0.05, 0) is 50.9 Å². The van der Waals surface area contributed by atoms with Gasteiger partial charge in [-0.2, -0.15) is 4.31 Å².